The van der Waals surface area contributed by atoms with Gasteiger partial charge in [0, 0.05) is 32.4 Å². The second-order valence-corrected chi connectivity index (χ2v) is 32.2. The zero-order chi connectivity index (χ0) is 79.1. The minimum absolute atomic E-state index is 0.0255. The number of carbonyl (C=O) groups is 10. The van der Waals surface area contributed by atoms with E-state index < -0.39 is 159 Å². The van der Waals surface area contributed by atoms with Crippen LogP contribution in [0.4, 0.5) is 0 Å². The molecule has 12 atom stereocenters. The summed E-state index contributed by atoms with van der Waals surface area (Å²) in [6.45, 7) is 13.5. The molecule has 10 rings (SSSR count). The van der Waals surface area contributed by atoms with Crippen LogP contribution in [-0.2, 0) is 93.3 Å². The molecule has 8 amide bonds. The van der Waals surface area contributed by atoms with Crippen LogP contribution in [0.3, 0.4) is 0 Å². The van der Waals surface area contributed by atoms with Crippen LogP contribution in [0.25, 0.3) is 21.5 Å². The van der Waals surface area contributed by atoms with Gasteiger partial charge in [0.2, 0.25) is 51.4 Å². The first kappa shape index (κ1) is 83.0. The van der Waals surface area contributed by atoms with Gasteiger partial charge in [0.1, 0.15) is 60.3 Å². The first-order chi connectivity index (χ1) is 51.7. The van der Waals surface area contributed by atoms with Crippen molar-refractivity contribution < 1.29 is 75.7 Å². The van der Waals surface area contributed by atoms with Crippen molar-refractivity contribution in [3.8, 4) is 5.75 Å². The zero-order valence-electron chi connectivity index (χ0n) is 63.7. The Morgan fingerprint density at radius 1 is 0.624 bits per heavy atom. The monoisotopic (exact) mass is 1520 g/mol. The Labute approximate surface area is 635 Å². The molecule has 4 aliphatic rings. The third kappa shape index (κ3) is 22.4. The van der Waals surface area contributed by atoms with Crippen LogP contribution in [0.15, 0.2) is 128 Å². The summed E-state index contributed by atoms with van der Waals surface area (Å²) in [5.74, 6) is -6.86. The van der Waals surface area contributed by atoms with Crippen molar-refractivity contribution in [1.82, 2.24) is 66.7 Å². The SMILES string of the molecule is CN[C@@H](C)C(=O)N[C@H](C(=O)N1CC[C@@H]2OCC=CCOc3ccc(cc3)C[C@@H](C(=O)O)NC(=O)[C@H](Cc3ccc4ccccc4c3)NC(=O)[C@@H]3[C@H](CCN3C(=O)[C@@H](NC(=O)[C@H](C)NC)C(C)(C)C)OCc3cn(nn3)[C@H](C(=O)NS(C)(=O)=O)CCCCC(=O)[C@H](Cc3ccc4ccccc4c3)NC(=O)[C@H]21)C(C)(C)C. The van der Waals surface area contributed by atoms with E-state index in [0.717, 1.165) is 32.5 Å². The summed E-state index contributed by atoms with van der Waals surface area (Å²) in [4.78, 5) is 148. The number of amides is 8. The molecule has 109 heavy (non-hydrogen) atoms. The van der Waals surface area contributed by atoms with Crippen LogP contribution in [0.2, 0.25) is 0 Å². The molecule has 30 heteroatoms. The van der Waals surface area contributed by atoms with Gasteiger partial charge in [-0.2, -0.15) is 0 Å². The molecule has 0 saturated carbocycles. The molecule has 6 aromatic rings. The van der Waals surface area contributed by atoms with E-state index >= 15 is 19.2 Å². The second kappa shape index (κ2) is 36.9. The number of hydrogen-bond donors (Lipinski definition) is 9. The third-order valence-electron chi connectivity index (χ3n) is 20.0. The minimum atomic E-state index is -4.16. The summed E-state index contributed by atoms with van der Waals surface area (Å²) in [5.41, 5.74) is 0.131. The first-order valence-corrected chi connectivity index (χ1v) is 38.8. The summed E-state index contributed by atoms with van der Waals surface area (Å²) in [6, 6.07) is 20.9. The number of hydrogen-bond acceptors (Lipinski definition) is 19. The Morgan fingerprint density at radius 2 is 1.13 bits per heavy atom. The molecule has 0 spiro atoms. The molecule has 1 aromatic heterocycles. The van der Waals surface area contributed by atoms with E-state index in [1.165, 1.54) is 16.0 Å². The van der Waals surface area contributed by atoms with Crippen molar-refractivity contribution in [2.45, 2.75) is 192 Å². The number of aromatic nitrogens is 3. The highest BCUT2D eigenvalue weighted by molar-refractivity contribution is 7.89. The molecule has 29 nitrogen and oxygen atoms in total. The highest BCUT2D eigenvalue weighted by atomic mass is 32.2. The fraction of sp³-hybridized carbons (Fsp3) is 0.494. The number of fused-ring (bicyclic) bond motifs is 23. The summed E-state index contributed by atoms with van der Waals surface area (Å²) in [7, 11) is -0.953. The molecule has 586 valence electrons. The van der Waals surface area contributed by atoms with Crippen LogP contribution in [0.5, 0.6) is 5.75 Å². The first-order valence-electron chi connectivity index (χ1n) is 36.9. The fourth-order valence-corrected chi connectivity index (χ4v) is 14.2. The van der Waals surface area contributed by atoms with E-state index in [1.807, 2.05) is 83.6 Å². The van der Waals surface area contributed by atoms with Crippen LogP contribution in [0.1, 0.15) is 122 Å². The topological polar surface area (TPSA) is 386 Å². The van der Waals surface area contributed by atoms with E-state index in [1.54, 1.807) is 112 Å². The largest absolute Gasteiger partial charge is 0.490 e. The standard InChI is InChI=1S/C79H103N13O16S/c1-47(80-9)69(94)85-67(78(3,4)5)75(100)90-36-34-63-65(90)73(98)82-58(43-50-26-30-52-20-12-14-22-54(52)40-50)62(93)25-17-16-24-61(72(97)88-109(11,104)105)92-45-56(87-89-92)46-108-64-35-37-91(76(101)68(79(6,7)8)86-70(95)48(2)81-10)66(64)74(99)83-59(44-51-27-31-53-21-13-15-23-55(53)41-51)71(96)84-60(77(102)103)42-49-28-32-57(33-29-49)106-38-18-19-39-107-63/h12-15,18-23,26-33,40-41,45,47-48,58-61,63-68,80-81H,16-17,24-25,34-39,42-44,46H2,1-11H3,(H,82,98)(H,83,99)(H,84,96)(H,85,94)(H,86,95)(H,88,97)(H,102,103)/t47-,48-,58-,59-,60-,61-,63-,64-,65-,66-,67+,68+/m0/s1. The van der Waals surface area contributed by atoms with Crippen LogP contribution < -0.4 is 46.7 Å². The molecular weight excluding hydrogens is 1420 g/mol. The summed E-state index contributed by atoms with van der Waals surface area (Å²) >= 11 is 0. The highest BCUT2D eigenvalue weighted by Gasteiger charge is 2.50. The lowest BCUT2D eigenvalue weighted by Gasteiger charge is -2.37. The third-order valence-corrected chi connectivity index (χ3v) is 20.6. The Hall–Kier alpha value is -10.0. The number of likely N-dealkylation sites (tertiary alicyclic amines) is 2. The van der Waals surface area contributed by atoms with Crippen molar-refractivity contribution in [2.24, 2.45) is 10.8 Å². The summed E-state index contributed by atoms with van der Waals surface area (Å²) < 4.78 is 47.6. The maximum atomic E-state index is 15.5. The molecule has 9 N–H and O–H groups in total. The zero-order valence-corrected chi connectivity index (χ0v) is 64.5. The van der Waals surface area contributed by atoms with Gasteiger partial charge in [-0.25, -0.2) is 17.9 Å². The number of ketones is 1. The molecule has 0 unspecified atom stereocenters. The molecule has 0 aliphatic carbocycles. The smallest absolute Gasteiger partial charge is 0.326 e. The molecule has 0 radical (unpaired) electrons. The average Bonchev–Trinajstić information content (AvgIpc) is 1.74. The Balaban J connectivity index is 1.06. The number of carboxylic acid groups (broad SMARTS) is 1. The van der Waals surface area contributed by atoms with Crippen molar-refractivity contribution in [1.29, 1.82) is 0 Å². The van der Waals surface area contributed by atoms with Gasteiger partial charge in [-0.05, 0) is 127 Å². The normalized spacial score (nSPS) is 22.6. The quantitative estimate of drug-likeness (QED) is 0.0647. The molecule has 2 saturated heterocycles. The lowest BCUT2D eigenvalue weighted by atomic mass is 9.85. The number of ether oxygens (including phenoxy) is 3. The van der Waals surface area contributed by atoms with Gasteiger partial charge in [-0.1, -0.05) is 156 Å². The van der Waals surface area contributed by atoms with Crippen molar-refractivity contribution in [3.05, 3.63) is 150 Å². The Bertz CT molecular complexity index is 4420. The minimum Gasteiger partial charge on any atom is -0.490 e. The van der Waals surface area contributed by atoms with Crippen LogP contribution in [-0.4, -0.2) is 211 Å². The van der Waals surface area contributed by atoms with Gasteiger partial charge in [0.25, 0.3) is 5.91 Å². The number of carbonyl (C=O) groups excluding carboxylic acids is 9. The number of carboxylic acids is 1. The lowest BCUT2D eigenvalue weighted by molar-refractivity contribution is -0.147. The van der Waals surface area contributed by atoms with Crippen LogP contribution >= 0.6 is 0 Å². The molecule has 5 aromatic carbocycles. The summed E-state index contributed by atoms with van der Waals surface area (Å²) in [5, 5.41) is 42.9. The molecule has 5 heterocycles. The summed E-state index contributed by atoms with van der Waals surface area (Å²) in [6.07, 6.45) is 3.40. The Kier molecular flexibility index (Phi) is 28.1. The predicted molar refractivity (Wildman–Crippen MR) is 407 cm³/mol. The van der Waals surface area contributed by atoms with Gasteiger partial charge >= 0.3 is 5.97 Å². The number of benzene rings is 5. The molecule has 4 bridgehead atoms. The van der Waals surface area contributed by atoms with E-state index in [4.69, 9.17) is 14.2 Å². The van der Waals surface area contributed by atoms with E-state index in [0.29, 0.717) is 22.4 Å². The number of nitrogens with one attached hydrogen (secondary N) is 8. The average molecular weight is 1520 g/mol. The fourth-order valence-electron chi connectivity index (χ4n) is 13.6. The molecule has 4 aliphatic heterocycles. The number of Topliss-reactive ketones (excluding diaryl/α,β-unsaturated/α-hetero) is 1. The van der Waals surface area contributed by atoms with Crippen molar-refractivity contribution >= 4 is 90.6 Å². The van der Waals surface area contributed by atoms with Crippen molar-refractivity contribution in [2.75, 3.05) is 46.7 Å². The molecular formula is C79H103N13O16S. The second-order valence-electron chi connectivity index (χ2n) is 30.5. The number of aliphatic carboxylic acids is 1. The van der Waals surface area contributed by atoms with Crippen LogP contribution in [0, 0.1) is 10.8 Å². The van der Waals surface area contributed by atoms with E-state index in [-0.39, 0.29) is 89.8 Å². The number of likely N-dealkylation sites (N-methyl/N-ethyl adjacent to an activating group) is 2. The van der Waals surface area contributed by atoms with E-state index in [2.05, 4.69) is 47.5 Å². The lowest BCUT2D eigenvalue weighted by Crippen LogP contribution is -2.62. The maximum Gasteiger partial charge on any atom is 0.326 e. The number of sulfonamides is 1. The Morgan fingerprint density at radius 3 is 1.64 bits per heavy atom. The highest BCUT2D eigenvalue weighted by Crippen LogP contribution is 2.32. The van der Waals surface area contributed by atoms with Gasteiger partial charge < -0.3 is 66.3 Å². The number of nitrogens with zero attached hydrogens (tertiary/aromatic N) is 5. The van der Waals surface area contributed by atoms with Gasteiger partial charge in [-0.3, -0.25) is 47.9 Å². The molecule has 2 fully saturated rings. The van der Waals surface area contributed by atoms with E-state index in [9.17, 15) is 42.3 Å². The van der Waals surface area contributed by atoms with Gasteiger partial charge in [0.15, 0.2) is 5.78 Å². The number of rotatable bonds is 15. The maximum absolute atomic E-state index is 15.5. The van der Waals surface area contributed by atoms with Crippen molar-refractivity contribution in [3.63, 3.8) is 0 Å². The predicted octanol–water partition coefficient (Wildman–Crippen LogP) is 4.30. The van der Waals surface area contributed by atoms with Gasteiger partial charge in [-0.15, -0.1) is 5.10 Å². The van der Waals surface area contributed by atoms with Gasteiger partial charge in [0.05, 0.1) is 56.0 Å².